The monoisotopic (exact) mass is 255 g/mol. The highest BCUT2D eigenvalue weighted by molar-refractivity contribution is 4.96. The third-order valence-electron chi connectivity index (χ3n) is 2.71. The van der Waals surface area contributed by atoms with E-state index in [9.17, 15) is 0 Å². The Morgan fingerprint density at radius 2 is 1.94 bits per heavy atom. The van der Waals surface area contributed by atoms with Gasteiger partial charge in [-0.1, -0.05) is 32.9 Å². The van der Waals surface area contributed by atoms with Crippen LogP contribution in [0.5, 0.6) is 0 Å². The molecule has 0 fully saturated rings. The molecule has 104 valence electrons. The second-order valence-corrected chi connectivity index (χ2v) is 5.35. The van der Waals surface area contributed by atoms with Crippen molar-refractivity contribution in [3.8, 4) is 0 Å². The molecule has 1 rings (SSSR count). The Kier molecular flexibility index (Phi) is 5.75. The lowest BCUT2D eigenvalue weighted by atomic mass is 10.0. The molecular weight excluding hydrogens is 230 g/mol. The molecule has 0 saturated carbocycles. The van der Waals surface area contributed by atoms with Gasteiger partial charge in [0.05, 0.1) is 6.04 Å². The lowest BCUT2D eigenvalue weighted by Gasteiger charge is -2.16. The topological polar surface area (TPSA) is 74.2 Å². The van der Waals surface area contributed by atoms with E-state index in [2.05, 4.69) is 37.8 Å². The first-order valence-electron chi connectivity index (χ1n) is 6.66. The van der Waals surface area contributed by atoms with E-state index in [1.54, 1.807) is 0 Å². The van der Waals surface area contributed by atoms with Crippen molar-refractivity contribution >= 4 is 0 Å². The lowest BCUT2D eigenvalue weighted by Crippen LogP contribution is -2.15. The van der Waals surface area contributed by atoms with Gasteiger partial charge in [-0.15, -0.1) is 0 Å². The minimum absolute atomic E-state index is 0.126. The van der Waals surface area contributed by atoms with E-state index in [1.165, 1.54) is 0 Å². The summed E-state index contributed by atoms with van der Waals surface area (Å²) in [5.74, 6) is 1.91. The summed E-state index contributed by atoms with van der Waals surface area (Å²) in [5.41, 5.74) is 6.02. The Bertz CT molecular complexity index is 350. The second-order valence-electron chi connectivity index (χ2n) is 5.35. The first-order valence-corrected chi connectivity index (χ1v) is 6.66. The van der Waals surface area contributed by atoms with Crippen LogP contribution in [-0.4, -0.2) is 16.7 Å². The summed E-state index contributed by atoms with van der Waals surface area (Å²) >= 11 is 0. The van der Waals surface area contributed by atoms with Gasteiger partial charge in [0.15, 0.2) is 0 Å². The molecule has 0 aliphatic carbocycles. The second kappa shape index (κ2) is 6.85. The van der Waals surface area contributed by atoms with Gasteiger partial charge in [-0.2, -0.15) is 4.98 Å². The average molecular weight is 255 g/mol. The van der Waals surface area contributed by atoms with Crippen LogP contribution in [-0.2, 0) is 4.74 Å². The molecule has 0 radical (unpaired) electrons. The maximum atomic E-state index is 6.02. The van der Waals surface area contributed by atoms with Crippen LogP contribution in [0.2, 0.25) is 0 Å². The summed E-state index contributed by atoms with van der Waals surface area (Å²) in [7, 11) is 0. The molecule has 2 unspecified atom stereocenters. The first kappa shape index (κ1) is 15.1. The average Bonchev–Trinajstić information content (AvgIpc) is 2.73. The highest BCUT2D eigenvalue weighted by Gasteiger charge is 2.24. The van der Waals surface area contributed by atoms with Crippen LogP contribution < -0.4 is 5.73 Å². The standard InChI is InChI=1S/C13H25N3O2/c1-6-17-11(9(4)5)12-15-13(18-16-12)10(14)7-8(2)3/h8-11H,6-7,14H2,1-5H3. The van der Waals surface area contributed by atoms with E-state index in [1.807, 2.05) is 6.92 Å². The molecule has 2 N–H and O–H groups in total. The summed E-state index contributed by atoms with van der Waals surface area (Å²) in [6.45, 7) is 11.0. The van der Waals surface area contributed by atoms with Crippen molar-refractivity contribution < 1.29 is 9.26 Å². The Labute approximate surface area is 109 Å². The van der Waals surface area contributed by atoms with Crippen molar-refractivity contribution in [1.82, 2.24) is 10.1 Å². The molecule has 0 aromatic carbocycles. The van der Waals surface area contributed by atoms with Gasteiger partial charge in [-0.25, -0.2) is 0 Å². The molecule has 0 aliphatic rings. The Morgan fingerprint density at radius 3 is 2.44 bits per heavy atom. The summed E-state index contributed by atoms with van der Waals surface area (Å²) < 4.78 is 10.9. The van der Waals surface area contributed by atoms with Crippen LogP contribution in [0.1, 0.15) is 64.9 Å². The molecule has 0 spiro atoms. The minimum Gasteiger partial charge on any atom is -0.370 e. The number of hydrogen-bond acceptors (Lipinski definition) is 5. The Morgan fingerprint density at radius 1 is 1.28 bits per heavy atom. The fraction of sp³-hybridized carbons (Fsp3) is 0.846. The lowest BCUT2D eigenvalue weighted by molar-refractivity contribution is 0.0217. The largest absolute Gasteiger partial charge is 0.370 e. The van der Waals surface area contributed by atoms with Gasteiger partial charge in [0.1, 0.15) is 6.10 Å². The zero-order chi connectivity index (χ0) is 13.7. The number of ether oxygens (including phenoxy) is 1. The maximum Gasteiger partial charge on any atom is 0.243 e. The molecule has 0 aliphatic heterocycles. The SMILES string of the molecule is CCOC(c1noc(C(N)CC(C)C)n1)C(C)C. The minimum atomic E-state index is -0.194. The van der Waals surface area contributed by atoms with Crippen LogP contribution in [0.4, 0.5) is 0 Å². The van der Waals surface area contributed by atoms with Gasteiger partial charge in [-0.05, 0) is 25.2 Å². The fourth-order valence-corrected chi connectivity index (χ4v) is 1.87. The quantitative estimate of drug-likeness (QED) is 0.811. The first-order chi connectivity index (χ1) is 8.45. The van der Waals surface area contributed by atoms with Gasteiger partial charge in [0.2, 0.25) is 11.7 Å². The number of nitrogens with two attached hydrogens (primary N) is 1. The van der Waals surface area contributed by atoms with E-state index in [4.69, 9.17) is 15.0 Å². The van der Waals surface area contributed by atoms with Crippen molar-refractivity contribution in [2.45, 2.75) is 53.2 Å². The number of nitrogens with zero attached hydrogens (tertiary/aromatic N) is 2. The van der Waals surface area contributed by atoms with Gasteiger partial charge in [0.25, 0.3) is 0 Å². The van der Waals surface area contributed by atoms with Crippen molar-refractivity contribution in [3.05, 3.63) is 11.7 Å². The molecule has 5 heteroatoms. The molecule has 5 nitrogen and oxygen atoms in total. The van der Waals surface area contributed by atoms with Gasteiger partial charge >= 0.3 is 0 Å². The maximum absolute atomic E-state index is 6.02. The van der Waals surface area contributed by atoms with Gasteiger partial charge in [-0.3, -0.25) is 0 Å². The normalized spacial score (nSPS) is 15.3. The predicted octanol–water partition coefficient (Wildman–Crippen LogP) is 2.85. The molecule has 0 saturated heterocycles. The van der Waals surface area contributed by atoms with Crippen molar-refractivity contribution in [3.63, 3.8) is 0 Å². The van der Waals surface area contributed by atoms with Crippen LogP contribution in [0.25, 0.3) is 0 Å². The molecule has 2 atom stereocenters. The van der Waals surface area contributed by atoms with Crippen LogP contribution in [0, 0.1) is 11.8 Å². The Balaban J connectivity index is 2.77. The summed E-state index contributed by atoms with van der Waals surface area (Å²) in [6, 6.07) is -0.194. The van der Waals surface area contributed by atoms with Crippen LogP contribution in [0.15, 0.2) is 4.52 Å². The van der Waals surface area contributed by atoms with Crippen molar-refractivity contribution in [1.29, 1.82) is 0 Å². The molecular formula is C13H25N3O2. The zero-order valence-corrected chi connectivity index (χ0v) is 12.0. The third kappa shape index (κ3) is 4.07. The van der Waals surface area contributed by atoms with Gasteiger partial charge < -0.3 is 15.0 Å². The molecule has 0 bridgehead atoms. The van der Waals surface area contributed by atoms with Gasteiger partial charge in [0, 0.05) is 6.61 Å². The zero-order valence-electron chi connectivity index (χ0n) is 12.0. The summed E-state index contributed by atoms with van der Waals surface area (Å²) in [5, 5.41) is 3.99. The van der Waals surface area contributed by atoms with E-state index in [0.717, 1.165) is 6.42 Å². The third-order valence-corrected chi connectivity index (χ3v) is 2.71. The number of aromatic nitrogens is 2. The van der Waals surface area contributed by atoms with Crippen molar-refractivity contribution in [2.75, 3.05) is 6.61 Å². The highest BCUT2D eigenvalue weighted by atomic mass is 16.5. The summed E-state index contributed by atoms with van der Waals surface area (Å²) in [4.78, 5) is 4.38. The summed E-state index contributed by atoms with van der Waals surface area (Å²) in [6.07, 6.45) is 0.710. The van der Waals surface area contributed by atoms with Crippen molar-refractivity contribution in [2.24, 2.45) is 17.6 Å². The fourth-order valence-electron chi connectivity index (χ4n) is 1.87. The van der Waals surface area contributed by atoms with E-state index in [-0.39, 0.29) is 12.1 Å². The smallest absolute Gasteiger partial charge is 0.243 e. The predicted molar refractivity (Wildman–Crippen MR) is 69.9 cm³/mol. The van der Waals surface area contributed by atoms with Crippen LogP contribution >= 0.6 is 0 Å². The number of hydrogen-bond donors (Lipinski definition) is 1. The molecule has 1 aromatic heterocycles. The molecule has 1 aromatic rings. The Hall–Kier alpha value is -0.940. The van der Waals surface area contributed by atoms with E-state index >= 15 is 0 Å². The van der Waals surface area contributed by atoms with E-state index in [0.29, 0.717) is 30.2 Å². The van der Waals surface area contributed by atoms with E-state index < -0.39 is 0 Å². The molecule has 0 amide bonds. The number of rotatable bonds is 7. The molecule has 18 heavy (non-hydrogen) atoms. The highest BCUT2D eigenvalue weighted by Crippen LogP contribution is 2.25. The van der Waals surface area contributed by atoms with Crippen LogP contribution in [0.3, 0.4) is 0 Å². The molecule has 1 heterocycles.